The lowest BCUT2D eigenvalue weighted by atomic mass is 9.90. The lowest BCUT2D eigenvalue weighted by Crippen LogP contribution is -2.33. The maximum Gasteiger partial charge on any atom is 0.285 e. The van der Waals surface area contributed by atoms with Crippen LogP contribution in [-0.2, 0) is 16.8 Å². The molecule has 0 fully saturated rings. The molecule has 1 aliphatic rings. The minimum absolute atomic E-state index is 0.0143. The maximum absolute atomic E-state index is 12.8. The van der Waals surface area contributed by atoms with Crippen molar-refractivity contribution < 1.29 is 13.2 Å². The number of hydrazone groups is 1. The van der Waals surface area contributed by atoms with E-state index >= 15 is 0 Å². The van der Waals surface area contributed by atoms with Gasteiger partial charge in [0.25, 0.3) is 10.0 Å². The molecule has 0 spiro atoms. The summed E-state index contributed by atoms with van der Waals surface area (Å²) in [5, 5.41) is 17.8. The molecule has 188 valence electrons. The van der Waals surface area contributed by atoms with Crippen LogP contribution in [0.1, 0.15) is 17.0 Å². The second kappa shape index (κ2) is 10.4. The average molecular weight is 537 g/mol. The number of benzene rings is 3. The van der Waals surface area contributed by atoms with Crippen molar-refractivity contribution in [3.05, 3.63) is 101 Å². The third-order valence-electron chi connectivity index (χ3n) is 5.59. The van der Waals surface area contributed by atoms with Crippen molar-refractivity contribution in [2.24, 2.45) is 15.2 Å². The van der Waals surface area contributed by atoms with Gasteiger partial charge in [-0.3, -0.25) is 0 Å². The summed E-state index contributed by atoms with van der Waals surface area (Å²) >= 11 is 5.87. The van der Waals surface area contributed by atoms with Crippen molar-refractivity contribution in [2.75, 3.05) is 6.54 Å². The Hall–Kier alpha value is -4.29. The number of tetrazole rings is 1. The molecular weight excluding hydrogens is 516 g/mol. The summed E-state index contributed by atoms with van der Waals surface area (Å²) in [5.41, 5.74) is 8.71. The maximum atomic E-state index is 12.8. The topological polar surface area (TPSA) is 141 Å². The van der Waals surface area contributed by atoms with Crippen molar-refractivity contribution in [1.82, 2.24) is 25.2 Å². The molecule has 1 aromatic heterocycles. The zero-order valence-electron chi connectivity index (χ0n) is 19.3. The largest absolute Gasteiger partial charge is 0.470 e. The first-order valence-corrected chi connectivity index (χ1v) is 12.9. The first-order chi connectivity index (χ1) is 17.9. The zero-order valence-corrected chi connectivity index (χ0v) is 20.9. The first kappa shape index (κ1) is 24.4. The molecule has 1 atom stereocenters. The Morgan fingerprint density at radius 3 is 2.46 bits per heavy atom. The van der Waals surface area contributed by atoms with Crippen LogP contribution in [-0.4, -0.2) is 51.8 Å². The molecule has 0 radical (unpaired) electrons. The number of sulfonamides is 1. The van der Waals surface area contributed by atoms with Crippen molar-refractivity contribution >= 4 is 33.3 Å². The molecule has 3 aromatic carbocycles. The number of ether oxygens (including phenoxy) is 1. The Morgan fingerprint density at radius 2 is 1.78 bits per heavy atom. The highest BCUT2D eigenvalue weighted by molar-refractivity contribution is 7.90. The fourth-order valence-corrected chi connectivity index (χ4v) is 4.84. The number of nitrogens with zero attached hydrogens (tertiary/aromatic N) is 7. The Morgan fingerprint density at radius 1 is 1.05 bits per heavy atom. The Balaban J connectivity index is 1.42. The van der Waals surface area contributed by atoms with E-state index in [1.807, 2.05) is 54.6 Å². The van der Waals surface area contributed by atoms with Gasteiger partial charge >= 0.3 is 0 Å². The molecule has 13 heteroatoms. The highest BCUT2D eigenvalue weighted by atomic mass is 35.5. The zero-order chi connectivity index (χ0) is 25.8. The minimum Gasteiger partial charge on any atom is -0.470 e. The molecule has 4 aromatic rings. The molecule has 5 rings (SSSR count). The van der Waals surface area contributed by atoms with Crippen molar-refractivity contribution in [2.45, 2.75) is 17.5 Å². The van der Waals surface area contributed by atoms with Gasteiger partial charge in [0.15, 0.2) is 6.33 Å². The predicted molar refractivity (Wildman–Crippen MR) is 138 cm³/mol. The van der Waals surface area contributed by atoms with E-state index in [0.29, 0.717) is 17.3 Å². The van der Waals surface area contributed by atoms with Gasteiger partial charge in [-0.05, 0) is 64.9 Å². The lowest BCUT2D eigenvalue weighted by Gasteiger charge is -2.15. The van der Waals surface area contributed by atoms with Crippen molar-refractivity contribution in [3.63, 3.8) is 0 Å². The van der Waals surface area contributed by atoms with Gasteiger partial charge < -0.3 is 10.5 Å². The van der Waals surface area contributed by atoms with E-state index in [-0.39, 0.29) is 23.5 Å². The normalized spacial score (nSPS) is 16.0. The van der Waals surface area contributed by atoms with Crippen LogP contribution in [0.4, 0.5) is 0 Å². The van der Waals surface area contributed by atoms with Crippen LogP contribution in [0.15, 0.2) is 99.6 Å². The summed E-state index contributed by atoms with van der Waals surface area (Å²) in [6.07, 6.45) is 1.33. The van der Waals surface area contributed by atoms with Crippen LogP contribution < -0.4 is 10.5 Å². The molecular formula is C24H21ClN8O3S. The van der Waals surface area contributed by atoms with Gasteiger partial charge in [0, 0.05) is 10.9 Å². The van der Waals surface area contributed by atoms with E-state index in [0.717, 1.165) is 16.8 Å². The molecule has 2 heterocycles. The van der Waals surface area contributed by atoms with Gasteiger partial charge in [-0.15, -0.1) is 19.4 Å². The van der Waals surface area contributed by atoms with Gasteiger partial charge in [-0.25, -0.2) is 5.01 Å². The summed E-state index contributed by atoms with van der Waals surface area (Å²) in [6, 6.07) is 22.9. The van der Waals surface area contributed by atoms with E-state index in [2.05, 4.69) is 24.9 Å². The number of guanidine groups is 1. The molecule has 11 nitrogen and oxygen atoms in total. The number of hydrogen-bond acceptors (Lipinski definition) is 7. The van der Waals surface area contributed by atoms with Gasteiger partial charge in [-0.1, -0.05) is 41.9 Å². The van der Waals surface area contributed by atoms with Crippen LogP contribution in [0.5, 0.6) is 5.75 Å². The standard InChI is InChI=1S/C24H21ClN8O3S/c25-19-8-12-21(13-9-19)37(34,35)30-24(26)32-14-22(17-4-2-1-3-5-17)23(29-32)18-6-10-20(11-7-18)36-16-33-28-15-27-31-33/h1-13,15,22H,14,16H2,(H2,26,30). The third-order valence-corrected chi connectivity index (χ3v) is 7.14. The van der Waals surface area contributed by atoms with Crippen LogP contribution in [0.2, 0.25) is 5.02 Å². The van der Waals surface area contributed by atoms with Gasteiger partial charge in [0.2, 0.25) is 12.7 Å². The fraction of sp³-hybridized carbons (Fsp3) is 0.125. The predicted octanol–water partition coefficient (Wildman–Crippen LogP) is 2.87. The number of aromatic nitrogens is 4. The Bertz CT molecular complexity index is 1530. The second-order valence-electron chi connectivity index (χ2n) is 8.02. The number of halogens is 1. The molecule has 1 unspecified atom stereocenters. The van der Waals surface area contributed by atoms with Gasteiger partial charge in [0.1, 0.15) is 5.75 Å². The average Bonchev–Trinajstić information content (AvgIpc) is 3.59. The summed E-state index contributed by atoms with van der Waals surface area (Å²) in [5.74, 6) is 0.216. The fourth-order valence-electron chi connectivity index (χ4n) is 3.78. The van der Waals surface area contributed by atoms with E-state index in [9.17, 15) is 8.42 Å². The van der Waals surface area contributed by atoms with Gasteiger partial charge in [-0.2, -0.15) is 13.5 Å². The molecule has 2 N–H and O–H groups in total. The molecule has 1 aliphatic heterocycles. The smallest absolute Gasteiger partial charge is 0.285 e. The number of hydrogen-bond donors (Lipinski definition) is 1. The number of nitrogens with two attached hydrogens (primary N) is 1. The summed E-state index contributed by atoms with van der Waals surface area (Å²) in [7, 11) is -4.05. The molecule has 0 amide bonds. The first-order valence-electron chi connectivity index (χ1n) is 11.1. The summed E-state index contributed by atoms with van der Waals surface area (Å²) < 4.78 is 35.1. The van der Waals surface area contributed by atoms with Crippen molar-refractivity contribution in [1.29, 1.82) is 0 Å². The van der Waals surface area contributed by atoms with E-state index in [4.69, 9.17) is 22.1 Å². The summed E-state index contributed by atoms with van der Waals surface area (Å²) in [4.78, 5) is 1.30. The van der Waals surface area contributed by atoms with E-state index < -0.39 is 10.0 Å². The molecule has 0 aliphatic carbocycles. The second-order valence-corrected chi connectivity index (χ2v) is 10.1. The minimum atomic E-state index is -4.05. The Kier molecular flexibility index (Phi) is 6.84. The molecule has 37 heavy (non-hydrogen) atoms. The lowest BCUT2D eigenvalue weighted by molar-refractivity contribution is 0.200. The van der Waals surface area contributed by atoms with Crippen LogP contribution in [0, 0.1) is 0 Å². The SMILES string of the molecule is N/C(=N\S(=O)(=O)c1ccc(Cl)cc1)N1CC(c2ccccc2)C(c2ccc(OCn3ncnn3)cc2)=N1. The van der Waals surface area contributed by atoms with Crippen LogP contribution in [0.3, 0.4) is 0 Å². The van der Waals surface area contributed by atoms with Crippen molar-refractivity contribution in [3.8, 4) is 5.75 Å². The van der Waals surface area contributed by atoms with E-state index in [1.165, 1.54) is 40.4 Å². The molecule has 0 saturated carbocycles. The van der Waals surface area contributed by atoms with Gasteiger partial charge in [0.05, 0.1) is 17.2 Å². The third kappa shape index (κ3) is 5.60. The molecule has 0 bridgehead atoms. The van der Waals surface area contributed by atoms with Crippen LogP contribution >= 0.6 is 11.6 Å². The quantitative estimate of drug-likeness (QED) is 0.281. The van der Waals surface area contributed by atoms with E-state index in [1.54, 1.807) is 0 Å². The highest BCUT2D eigenvalue weighted by Gasteiger charge is 2.31. The number of rotatable bonds is 7. The monoisotopic (exact) mass is 536 g/mol. The highest BCUT2D eigenvalue weighted by Crippen LogP contribution is 2.30. The Labute approximate surface area is 217 Å². The van der Waals surface area contributed by atoms with Crippen LogP contribution in [0.25, 0.3) is 0 Å². The molecule has 0 saturated heterocycles. The summed E-state index contributed by atoms with van der Waals surface area (Å²) in [6.45, 7) is 0.441.